The first-order chi connectivity index (χ1) is 16.9. The molecule has 2 N–H and O–H groups in total. The van der Waals surface area contributed by atoms with Crippen molar-refractivity contribution in [3.63, 3.8) is 0 Å². The molecule has 7 nitrogen and oxygen atoms in total. The maximum atomic E-state index is 14.1. The number of nitrogens with zero attached hydrogens (tertiary/aromatic N) is 5. The van der Waals surface area contributed by atoms with E-state index in [0.717, 1.165) is 5.39 Å². The van der Waals surface area contributed by atoms with Crippen molar-refractivity contribution in [1.29, 1.82) is 0 Å². The number of para-hydroxylation sites is 1. The molecule has 0 amide bonds. The topological polar surface area (TPSA) is 81.6 Å². The fourth-order valence-electron chi connectivity index (χ4n) is 4.75. The van der Waals surface area contributed by atoms with Crippen LogP contribution in [0.5, 0.6) is 5.75 Å². The zero-order valence-electron chi connectivity index (χ0n) is 18.9. The molecule has 2 fully saturated rings. The van der Waals surface area contributed by atoms with Gasteiger partial charge in [0, 0.05) is 30.7 Å². The summed E-state index contributed by atoms with van der Waals surface area (Å²) in [6, 6.07) is 10.5. The molecule has 10 heteroatoms. The number of rotatable bonds is 6. The highest BCUT2D eigenvalue weighted by Crippen LogP contribution is 2.39. The first kappa shape index (κ1) is 22.2. The Hall–Kier alpha value is -3.24. The summed E-state index contributed by atoms with van der Waals surface area (Å²) in [7, 11) is 0. The number of hydrogen-bond acceptors (Lipinski definition) is 6. The zero-order chi connectivity index (χ0) is 24.2. The van der Waals surface area contributed by atoms with Crippen molar-refractivity contribution in [2.45, 2.75) is 37.5 Å². The second kappa shape index (κ2) is 8.46. The summed E-state index contributed by atoms with van der Waals surface area (Å²) in [6.07, 6.45) is -0.0760. The Kier molecular flexibility index (Phi) is 5.37. The van der Waals surface area contributed by atoms with E-state index in [1.807, 2.05) is 24.3 Å². The number of ether oxygens (including phenoxy) is 1. The molecule has 4 heterocycles. The molecule has 35 heavy (non-hydrogen) atoms. The maximum absolute atomic E-state index is 14.1. The van der Waals surface area contributed by atoms with Crippen molar-refractivity contribution in [1.82, 2.24) is 24.5 Å². The maximum Gasteiger partial charge on any atom is 0.408 e. The Morgan fingerprint density at radius 1 is 1.06 bits per heavy atom. The lowest BCUT2D eigenvalue weighted by molar-refractivity contribution is -0.183. The molecule has 2 aliphatic rings. The Balaban J connectivity index is 1.41. The van der Waals surface area contributed by atoms with Crippen LogP contribution in [0.2, 0.25) is 0 Å². The summed E-state index contributed by atoms with van der Waals surface area (Å²) >= 11 is 0. The number of hydrogen-bond donors (Lipinski definition) is 1. The number of nitrogens with two attached hydrogens (primary N) is 1. The molecule has 3 aromatic heterocycles. The van der Waals surface area contributed by atoms with Crippen LogP contribution >= 0.6 is 0 Å². The van der Waals surface area contributed by atoms with Crippen LogP contribution in [0.4, 0.5) is 13.2 Å². The molecule has 2 atom stereocenters. The minimum absolute atomic E-state index is 0.120. The van der Waals surface area contributed by atoms with Crippen LogP contribution in [0, 0.1) is 5.92 Å². The highest BCUT2D eigenvalue weighted by molar-refractivity contribution is 5.86. The number of halogens is 3. The molecule has 1 saturated heterocycles. The molecule has 1 aliphatic carbocycles. The van der Waals surface area contributed by atoms with E-state index in [9.17, 15) is 13.2 Å². The van der Waals surface area contributed by atoms with Crippen LogP contribution in [0.15, 0.2) is 48.7 Å². The molecular weight excluding hydrogens is 457 g/mol. The monoisotopic (exact) mass is 482 g/mol. The van der Waals surface area contributed by atoms with Crippen molar-refractivity contribution in [3.05, 3.63) is 54.2 Å². The number of pyridine rings is 2. The van der Waals surface area contributed by atoms with Gasteiger partial charge in [0.25, 0.3) is 0 Å². The van der Waals surface area contributed by atoms with E-state index in [4.69, 9.17) is 15.5 Å². The van der Waals surface area contributed by atoms with Gasteiger partial charge in [-0.2, -0.15) is 13.2 Å². The van der Waals surface area contributed by atoms with Crippen LogP contribution in [-0.2, 0) is 0 Å². The molecule has 0 unspecified atom stereocenters. The van der Waals surface area contributed by atoms with Gasteiger partial charge in [0.15, 0.2) is 11.5 Å². The van der Waals surface area contributed by atoms with Crippen LogP contribution in [0.1, 0.15) is 30.9 Å². The first-order valence-corrected chi connectivity index (χ1v) is 11.8. The summed E-state index contributed by atoms with van der Waals surface area (Å²) < 4.78 is 50.0. The summed E-state index contributed by atoms with van der Waals surface area (Å²) in [5.41, 5.74) is 7.67. The first-order valence-electron chi connectivity index (χ1n) is 11.8. The van der Waals surface area contributed by atoms with Gasteiger partial charge in [0.2, 0.25) is 0 Å². The predicted molar refractivity (Wildman–Crippen MR) is 125 cm³/mol. The third kappa shape index (κ3) is 4.32. The van der Waals surface area contributed by atoms with Crippen LogP contribution in [0.3, 0.4) is 0 Å². The molecule has 0 radical (unpaired) electrons. The highest BCUT2D eigenvalue weighted by Gasteiger charge is 2.46. The smallest absolute Gasteiger partial charge is 0.408 e. The van der Waals surface area contributed by atoms with Gasteiger partial charge >= 0.3 is 6.18 Å². The van der Waals surface area contributed by atoms with E-state index in [1.54, 1.807) is 16.5 Å². The SMILES string of the molecule is N[C@H]1CCN([C@H](c2ccc3nnc(-c4ccc5cccc(OCC6CC6)c5n4)n3c2)C(F)(F)F)C1. The summed E-state index contributed by atoms with van der Waals surface area (Å²) in [5, 5.41) is 9.33. The normalized spacial score (nSPS) is 20.1. The molecule has 4 aromatic rings. The lowest BCUT2D eigenvalue weighted by atomic mass is 10.1. The number of alkyl halides is 3. The van der Waals surface area contributed by atoms with Crippen molar-refractivity contribution in [2.75, 3.05) is 19.7 Å². The van der Waals surface area contributed by atoms with Gasteiger partial charge in [-0.15, -0.1) is 10.2 Å². The van der Waals surface area contributed by atoms with Crippen LogP contribution in [0.25, 0.3) is 28.1 Å². The van der Waals surface area contributed by atoms with Gasteiger partial charge < -0.3 is 10.5 Å². The molecule has 1 aliphatic heterocycles. The van der Waals surface area contributed by atoms with Crippen molar-refractivity contribution >= 4 is 16.6 Å². The minimum Gasteiger partial charge on any atom is -0.491 e. The van der Waals surface area contributed by atoms with Crippen molar-refractivity contribution in [2.24, 2.45) is 11.7 Å². The summed E-state index contributed by atoms with van der Waals surface area (Å²) in [6.45, 7) is 1.16. The fraction of sp³-hybridized carbons (Fsp3) is 0.400. The molecular formula is C25H25F3N6O. The quantitative estimate of drug-likeness (QED) is 0.440. The van der Waals surface area contributed by atoms with Crippen LogP contribution < -0.4 is 10.5 Å². The molecule has 1 saturated carbocycles. The van der Waals surface area contributed by atoms with Crippen molar-refractivity contribution < 1.29 is 17.9 Å². The van der Waals surface area contributed by atoms with Gasteiger partial charge in [0.1, 0.15) is 23.0 Å². The number of fused-ring (bicyclic) bond motifs is 2. The minimum atomic E-state index is -4.44. The van der Waals surface area contributed by atoms with Gasteiger partial charge in [-0.3, -0.25) is 9.30 Å². The Morgan fingerprint density at radius 3 is 2.66 bits per heavy atom. The van der Waals surface area contributed by atoms with Gasteiger partial charge in [-0.1, -0.05) is 24.3 Å². The second-order valence-corrected chi connectivity index (χ2v) is 9.48. The van der Waals surface area contributed by atoms with Gasteiger partial charge in [-0.05, 0) is 48.9 Å². The molecule has 0 bridgehead atoms. The van der Waals surface area contributed by atoms with Gasteiger partial charge in [-0.25, -0.2) is 4.98 Å². The number of likely N-dealkylation sites (tertiary alicyclic amines) is 1. The predicted octanol–water partition coefficient (Wildman–Crippen LogP) is 4.37. The molecule has 182 valence electrons. The van der Waals surface area contributed by atoms with Gasteiger partial charge in [0.05, 0.1) is 6.61 Å². The van der Waals surface area contributed by atoms with E-state index in [2.05, 4.69) is 10.2 Å². The Bertz CT molecular complexity index is 1380. The van der Waals surface area contributed by atoms with E-state index in [0.29, 0.717) is 53.9 Å². The Morgan fingerprint density at radius 2 is 1.91 bits per heavy atom. The zero-order valence-corrected chi connectivity index (χ0v) is 18.9. The number of benzene rings is 1. The van der Waals surface area contributed by atoms with E-state index >= 15 is 0 Å². The standard InChI is InChI=1S/C25H25F3N6O/c26-25(27,28)23(33-11-10-18(29)13-33)17-7-9-21-31-32-24(34(21)12-17)19-8-6-16-2-1-3-20(22(16)30-19)35-14-15-4-5-15/h1-3,6-9,12,15,18,23H,4-5,10-11,13-14,29H2/t18-,23+/m0/s1. The third-order valence-corrected chi connectivity index (χ3v) is 6.76. The fourth-order valence-corrected chi connectivity index (χ4v) is 4.75. The third-order valence-electron chi connectivity index (χ3n) is 6.76. The molecule has 6 rings (SSSR count). The molecule has 0 spiro atoms. The van der Waals surface area contributed by atoms with E-state index in [1.165, 1.54) is 30.0 Å². The van der Waals surface area contributed by atoms with E-state index < -0.39 is 12.2 Å². The highest BCUT2D eigenvalue weighted by atomic mass is 19.4. The average molecular weight is 483 g/mol. The average Bonchev–Trinajstić information content (AvgIpc) is 3.42. The Labute approximate surface area is 199 Å². The van der Waals surface area contributed by atoms with E-state index in [-0.39, 0.29) is 18.2 Å². The van der Waals surface area contributed by atoms with Crippen LogP contribution in [-0.4, -0.2) is 56.4 Å². The summed E-state index contributed by atoms with van der Waals surface area (Å²) in [4.78, 5) is 6.18. The van der Waals surface area contributed by atoms with Crippen molar-refractivity contribution in [3.8, 4) is 17.3 Å². The second-order valence-electron chi connectivity index (χ2n) is 9.48. The number of aromatic nitrogens is 4. The largest absolute Gasteiger partial charge is 0.491 e. The lowest BCUT2D eigenvalue weighted by Gasteiger charge is -2.30. The summed E-state index contributed by atoms with van der Waals surface area (Å²) in [5.74, 6) is 1.66. The lowest BCUT2D eigenvalue weighted by Crippen LogP contribution is -2.38. The molecule has 1 aromatic carbocycles.